The van der Waals surface area contributed by atoms with Crippen molar-refractivity contribution in [2.45, 2.75) is 37.6 Å². The van der Waals surface area contributed by atoms with Gasteiger partial charge in [-0.3, -0.25) is 9.59 Å². The van der Waals surface area contributed by atoms with Gasteiger partial charge in [0.15, 0.2) is 0 Å². The second-order valence-corrected chi connectivity index (χ2v) is 7.15. The first-order chi connectivity index (χ1) is 12.5. The van der Waals surface area contributed by atoms with Gasteiger partial charge >= 0.3 is 0 Å². The lowest BCUT2D eigenvalue weighted by molar-refractivity contribution is -0.122. The minimum atomic E-state index is -0.778. The Morgan fingerprint density at radius 3 is 1.96 bits per heavy atom. The van der Waals surface area contributed by atoms with Gasteiger partial charge in [0.2, 0.25) is 5.91 Å². The molecule has 0 aromatic heterocycles. The van der Waals surface area contributed by atoms with Crippen LogP contribution in [0.2, 0.25) is 5.02 Å². The zero-order chi connectivity index (χ0) is 18.6. The highest BCUT2D eigenvalue weighted by Crippen LogP contribution is 2.27. The van der Waals surface area contributed by atoms with E-state index >= 15 is 0 Å². The Balaban J connectivity index is 1.60. The Morgan fingerprint density at radius 1 is 0.846 bits per heavy atom. The molecule has 2 aromatic rings. The Morgan fingerprint density at radius 2 is 1.38 bits per heavy atom. The molecule has 1 aliphatic carbocycles. The summed E-state index contributed by atoms with van der Waals surface area (Å²) in [5.74, 6) is -0.364. The molecule has 4 N–H and O–H groups in total. The second kappa shape index (κ2) is 7.89. The minimum absolute atomic E-state index is 0.143. The molecule has 26 heavy (non-hydrogen) atoms. The van der Waals surface area contributed by atoms with Crippen LogP contribution in [0.3, 0.4) is 0 Å². The molecule has 0 heterocycles. The lowest BCUT2D eigenvalue weighted by Gasteiger charge is -2.31. The molecule has 6 heteroatoms. The second-order valence-electron chi connectivity index (χ2n) is 6.71. The Bertz CT molecular complexity index is 782. The van der Waals surface area contributed by atoms with Crippen LogP contribution in [-0.2, 0) is 4.79 Å². The lowest BCUT2D eigenvalue weighted by atomic mass is 9.82. The largest absolute Gasteiger partial charge is 0.324 e. The molecule has 0 saturated heterocycles. The summed E-state index contributed by atoms with van der Waals surface area (Å²) in [5.41, 5.74) is 7.29. The quantitative estimate of drug-likeness (QED) is 0.753. The van der Waals surface area contributed by atoms with E-state index in [-0.39, 0.29) is 11.8 Å². The van der Waals surface area contributed by atoms with Crippen LogP contribution in [-0.4, -0.2) is 17.4 Å². The van der Waals surface area contributed by atoms with Gasteiger partial charge in [0.05, 0.1) is 5.54 Å². The Hall–Kier alpha value is -2.37. The topological polar surface area (TPSA) is 84.2 Å². The summed E-state index contributed by atoms with van der Waals surface area (Å²) in [4.78, 5) is 24.6. The van der Waals surface area contributed by atoms with Gasteiger partial charge in [0.1, 0.15) is 0 Å². The monoisotopic (exact) mass is 371 g/mol. The molecule has 1 fully saturated rings. The maximum absolute atomic E-state index is 12.4. The van der Waals surface area contributed by atoms with Crippen molar-refractivity contribution in [3.8, 4) is 0 Å². The fourth-order valence-corrected chi connectivity index (χ4v) is 3.23. The summed E-state index contributed by atoms with van der Waals surface area (Å²) < 4.78 is 0. The highest BCUT2D eigenvalue weighted by atomic mass is 35.5. The predicted molar refractivity (Wildman–Crippen MR) is 104 cm³/mol. The predicted octanol–water partition coefficient (Wildman–Crippen LogP) is 4.19. The first-order valence-electron chi connectivity index (χ1n) is 8.74. The fraction of sp³-hybridized carbons (Fsp3) is 0.300. The summed E-state index contributed by atoms with van der Waals surface area (Å²) in [5, 5.41) is 6.27. The van der Waals surface area contributed by atoms with Gasteiger partial charge in [-0.15, -0.1) is 0 Å². The maximum Gasteiger partial charge on any atom is 0.255 e. The normalized spacial score (nSPS) is 15.9. The van der Waals surface area contributed by atoms with Crippen molar-refractivity contribution in [2.24, 2.45) is 5.73 Å². The number of nitrogens with two attached hydrogens (primary N) is 1. The van der Waals surface area contributed by atoms with Gasteiger partial charge in [0, 0.05) is 22.0 Å². The van der Waals surface area contributed by atoms with Gasteiger partial charge in [-0.2, -0.15) is 0 Å². The average molecular weight is 372 g/mol. The number of hydrogen-bond donors (Lipinski definition) is 3. The third-order valence-corrected chi connectivity index (χ3v) is 4.96. The molecule has 1 aliphatic rings. The summed E-state index contributed by atoms with van der Waals surface area (Å²) in [6.45, 7) is 0. The molecule has 3 rings (SSSR count). The van der Waals surface area contributed by atoms with Gasteiger partial charge in [-0.25, -0.2) is 0 Å². The van der Waals surface area contributed by atoms with E-state index in [1.807, 2.05) is 0 Å². The third-order valence-electron chi connectivity index (χ3n) is 4.71. The van der Waals surface area contributed by atoms with Crippen molar-refractivity contribution in [1.82, 2.24) is 0 Å². The van der Waals surface area contributed by atoms with Crippen LogP contribution in [0.25, 0.3) is 0 Å². The fourth-order valence-electron chi connectivity index (χ4n) is 3.11. The lowest BCUT2D eigenvalue weighted by Crippen LogP contribution is -2.52. The maximum atomic E-state index is 12.4. The van der Waals surface area contributed by atoms with Crippen LogP contribution >= 0.6 is 11.6 Å². The minimum Gasteiger partial charge on any atom is -0.324 e. The summed E-state index contributed by atoms with van der Waals surface area (Å²) in [7, 11) is 0. The average Bonchev–Trinajstić information content (AvgIpc) is 2.64. The van der Waals surface area contributed by atoms with Crippen molar-refractivity contribution < 1.29 is 9.59 Å². The van der Waals surface area contributed by atoms with Crippen LogP contribution in [0, 0.1) is 0 Å². The van der Waals surface area contributed by atoms with E-state index < -0.39 is 5.54 Å². The summed E-state index contributed by atoms with van der Waals surface area (Å²) >= 11 is 5.83. The first-order valence-corrected chi connectivity index (χ1v) is 9.11. The Labute approximate surface area is 157 Å². The number of nitrogens with one attached hydrogen (secondary N) is 2. The number of anilines is 2. The van der Waals surface area contributed by atoms with Crippen LogP contribution in [0.5, 0.6) is 0 Å². The molecule has 0 aliphatic heterocycles. The van der Waals surface area contributed by atoms with Crippen LogP contribution in [0.15, 0.2) is 48.5 Å². The number of halogens is 1. The van der Waals surface area contributed by atoms with Crippen molar-refractivity contribution >= 4 is 34.8 Å². The molecular weight excluding hydrogens is 350 g/mol. The number of carbonyl (C=O) groups is 2. The van der Waals surface area contributed by atoms with Gasteiger partial charge in [0.25, 0.3) is 5.91 Å². The first kappa shape index (κ1) is 18.4. The van der Waals surface area contributed by atoms with Crippen molar-refractivity contribution in [3.63, 3.8) is 0 Å². The number of amides is 2. The molecular formula is C20H22ClN3O2. The number of hydrogen-bond acceptors (Lipinski definition) is 3. The van der Waals surface area contributed by atoms with Gasteiger partial charge < -0.3 is 16.4 Å². The van der Waals surface area contributed by atoms with Crippen molar-refractivity contribution in [1.29, 1.82) is 0 Å². The van der Waals surface area contributed by atoms with E-state index in [0.717, 1.165) is 19.3 Å². The molecule has 0 spiro atoms. The molecule has 2 aromatic carbocycles. The molecule has 136 valence electrons. The summed E-state index contributed by atoms with van der Waals surface area (Å²) in [6, 6.07) is 13.7. The van der Waals surface area contributed by atoms with E-state index in [1.54, 1.807) is 48.5 Å². The van der Waals surface area contributed by atoms with Crippen LogP contribution < -0.4 is 16.4 Å². The third kappa shape index (κ3) is 4.42. The number of carbonyl (C=O) groups excluding carboxylic acids is 2. The van der Waals surface area contributed by atoms with E-state index in [2.05, 4.69) is 10.6 Å². The summed E-state index contributed by atoms with van der Waals surface area (Å²) in [6.07, 6.45) is 4.54. The van der Waals surface area contributed by atoms with Crippen LogP contribution in [0.1, 0.15) is 42.5 Å². The molecule has 0 bridgehead atoms. The highest BCUT2D eigenvalue weighted by molar-refractivity contribution is 6.30. The Kier molecular flexibility index (Phi) is 5.59. The zero-order valence-corrected chi connectivity index (χ0v) is 15.2. The molecule has 0 atom stereocenters. The van der Waals surface area contributed by atoms with E-state index in [1.165, 1.54) is 0 Å². The molecule has 2 amide bonds. The zero-order valence-electron chi connectivity index (χ0n) is 14.4. The highest BCUT2D eigenvalue weighted by Gasteiger charge is 2.35. The number of rotatable bonds is 4. The SMILES string of the molecule is NC1(C(=O)Nc2ccc(NC(=O)c3ccc(Cl)cc3)cc2)CCCCC1. The molecule has 0 unspecified atom stereocenters. The molecule has 5 nitrogen and oxygen atoms in total. The van der Waals surface area contributed by atoms with E-state index in [9.17, 15) is 9.59 Å². The molecule has 0 radical (unpaired) electrons. The smallest absolute Gasteiger partial charge is 0.255 e. The molecule has 1 saturated carbocycles. The standard InChI is InChI=1S/C20H22ClN3O2/c21-15-6-4-14(5-7-15)18(25)23-16-8-10-17(11-9-16)24-19(26)20(22)12-2-1-3-13-20/h4-11H,1-3,12-13,22H2,(H,23,25)(H,24,26). The van der Waals surface area contributed by atoms with E-state index in [4.69, 9.17) is 17.3 Å². The van der Waals surface area contributed by atoms with Crippen LogP contribution in [0.4, 0.5) is 11.4 Å². The van der Waals surface area contributed by atoms with Gasteiger partial charge in [-0.05, 0) is 61.4 Å². The van der Waals surface area contributed by atoms with Crippen molar-refractivity contribution in [3.05, 3.63) is 59.1 Å². The van der Waals surface area contributed by atoms with Crippen molar-refractivity contribution in [2.75, 3.05) is 10.6 Å². The number of benzene rings is 2. The van der Waals surface area contributed by atoms with E-state index in [0.29, 0.717) is 34.8 Å². The van der Waals surface area contributed by atoms with Gasteiger partial charge in [-0.1, -0.05) is 30.9 Å².